The summed E-state index contributed by atoms with van der Waals surface area (Å²) in [6.45, 7) is 3.86. The average molecular weight is 244 g/mol. The second kappa shape index (κ2) is 6.42. The van der Waals surface area contributed by atoms with Gasteiger partial charge in [0.1, 0.15) is 5.75 Å². The Morgan fingerprint density at radius 3 is 3.00 bits per heavy atom. The number of hydrogen-bond acceptors (Lipinski definition) is 3. The van der Waals surface area contributed by atoms with E-state index in [1.165, 1.54) is 19.3 Å². The van der Waals surface area contributed by atoms with E-state index in [-0.39, 0.29) is 0 Å². The molecular weight excluding hydrogens is 224 g/mol. The summed E-state index contributed by atoms with van der Waals surface area (Å²) in [5, 5.41) is 12.3. The number of benzene rings is 1. The van der Waals surface area contributed by atoms with E-state index in [2.05, 4.69) is 11.4 Å². The third kappa shape index (κ3) is 3.48. The zero-order chi connectivity index (χ0) is 12.8. The fourth-order valence-electron chi connectivity index (χ4n) is 2.36. The van der Waals surface area contributed by atoms with Gasteiger partial charge in [0.25, 0.3) is 0 Å². The highest BCUT2D eigenvalue weighted by Crippen LogP contribution is 2.19. The number of hydrogen-bond donors (Lipinski definition) is 1. The number of nitriles is 1. The highest BCUT2D eigenvalue weighted by molar-refractivity contribution is 5.41. The molecule has 1 aliphatic heterocycles. The quantitative estimate of drug-likeness (QED) is 0.885. The number of nitrogens with one attached hydrogen (secondary N) is 1. The number of nitrogens with zero attached hydrogens (tertiary/aromatic N) is 1. The number of piperidine rings is 1. The van der Waals surface area contributed by atoms with Crippen LogP contribution in [-0.4, -0.2) is 19.2 Å². The van der Waals surface area contributed by atoms with Crippen molar-refractivity contribution in [2.24, 2.45) is 0 Å². The monoisotopic (exact) mass is 244 g/mol. The van der Waals surface area contributed by atoms with E-state index in [1.54, 1.807) is 6.07 Å². The van der Waals surface area contributed by atoms with Gasteiger partial charge in [0.2, 0.25) is 0 Å². The lowest BCUT2D eigenvalue weighted by Gasteiger charge is -2.23. The van der Waals surface area contributed by atoms with Gasteiger partial charge in [0, 0.05) is 6.04 Å². The molecule has 2 rings (SSSR count). The predicted molar refractivity (Wildman–Crippen MR) is 71.6 cm³/mol. The normalized spacial score (nSPS) is 19.2. The van der Waals surface area contributed by atoms with Crippen LogP contribution in [0.4, 0.5) is 0 Å². The smallest absolute Gasteiger partial charge is 0.122 e. The van der Waals surface area contributed by atoms with Gasteiger partial charge in [-0.05, 0) is 56.5 Å². The standard InChI is InChI=1S/C15H20N2O/c1-12-10-13(11-16)5-6-15(12)18-9-7-14-4-2-3-8-17-14/h5-6,10,14,17H,2-4,7-9H2,1H3. The van der Waals surface area contributed by atoms with Gasteiger partial charge in [0.15, 0.2) is 0 Å². The van der Waals surface area contributed by atoms with E-state index < -0.39 is 0 Å². The van der Waals surface area contributed by atoms with Crippen molar-refractivity contribution in [2.45, 2.75) is 38.6 Å². The summed E-state index contributed by atoms with van der Waals surface area (Å²) in [5.41, 5.74) is 1.72. The summed E-state index contributed by atoms with van der Waals surface area (Å²) in [7, 11) is 0. The highest BCUT2D eigenvalue weighted by atomic mass is 16.5. The molecule has 0 radical (unpaired) electrons. The summed E-state index contributed by atoms with van der Waals surface area (Å²) < 4.78 is 5.79. The molecule has 1 N–H and O–H groups in total. The zero-order valence-corrected chi connectivity index (χ0v) is 10.9. The molecule has 0 aromatic heterocycles. The minimum atomic E-state index is 0.609. The molecule has 1 heterocycles. The lowest BCUT2D eigenvalue weighted by Crippen LogP contribution is -2.35. The Hall–Kier alpha value is -1.53. The molecule has 0 saturated carbocycles. The Morgan fingerprint density at radius 1 is 1.44 bits per heavy atom. The summed E-state index contributed by atoms with van der Waals surface area (Å²) in [6, 6.07) is 8.31. The molecule has 0 amide bonds. The van der Waals surface area contributed by atoms with Crippen LogP contribution >= 0.6 is 0 Å². The minimum Gasteiger partial charge on any atom is -0.493 e. The third-order valence-corrected chi connectivity index (χ3v) is 3.44. The van der Waals surface area contributed by atoms with E-state index in [0.29, 0.717) is 11.6 Å². The molecule has 0 aliphatic carbocycles. The van der Waals surface area contributed by atoms with Crippen LogP contribution in [0.5, 0.6) is 5.75 Å². The molecule has 0 spiro atoms. The first-order valence-electron chi connectivity index (χ1n) is 6.66. The molecule has 96 valence electrons. The molecular formula is C15H20N2O. The first kappa shape index (κ1) is 12.9. The lowest BCUT2D eigenvalue weighted by atomic mass is 10.0. The summed E-state index contributed by atoms with van der Waals surface area (Å²) >= 11 is 0. The largest absolute Gasteiger partial charge is 0.493 e. The number of ether oxygens (including phenoxy) is 1. The van der Waals surface area contributed by atoms with Crippen LogP contribution < -0.4 is 10.1 Å². The van der Waals surface area contributed by atoms with E-state index >= 15 is 0 Å². The van der Waals surface area contributed by atoms with Crippen molar-refractivity contribution in [2.75, 3.05) is 13.2 Å². The van der Waals surface area contributed by atoms with Crippen LogP contribution in [0.25, 0.3) is 0 Å². The molecule has 1 aromatic rings. The SMILES string of the molecule is Cc1cc(C#N)ccc1OCCC1CCCCN1. The molecule has 1 aliphatic rings. The molecule has 3 heteroatoms. The van der Waals surface area contributed by atoms with Crippen LogP contribution in [0.15, 0.2) is 18.2 Å². The van der Waals surface area contributed by atoms with Crippen molar-refractivity contribution in [3.05, 3.63) is 29.3 Å². The Kier molecular flexibility index (Phi) is 4.60. The number of rotatable bonds is 4. The first-order chi connectivity index (χ1) is 8.79. The Labute approximate surface area is 109 Å². The van der Waals surface area contributed by atoms with Crippen molar-refractivity contribution in [1.29, 1.82) is 5.26 Å². The van der Waals surface area contributed by atoms with Crippen LogP contribution in [0.2, 0.25) is 0 Å². The predicted octanol–water partition coefficient (Wildman–Crippen LogP) is 2.78. The van der Waals surface area contributed by atoms with Crippen LogP contribution in [0.1, 0.15) is 36.8 Å². The van der Waals surface area contributed by atoms with Crippen molar-refractivity contribution >= 4 is 0 Å². The molecule has 1 fully saturated rings. The lowest BCUT2D eigenvalue weighted by molar-refractivity contribution is 0.267. The second-order valence-corrected chi connectivity index (χ2v) is 4.88. The van der Waals surface area contributed by atoms with Gasteiger partial charge in [-0.1, -0.05) is 6.42 Å². The maximum atomic E-state index is 8.80. The molecule has 1 atom stereocenters. The van der Waals surface area contributed by atoms with Gasteiger partial charge >= 0.3 is 0 Å². The molecule has 1 saturated heterocycles. The summed E-state index contributed by atoms with van der Waals surface area (Å²) in [5.74, 6) is 0.893. The van der Waals surface area contributed by atoms with Crippen molar-refractivity contribution in [3.8, 4) is 11.8 Å². The van der Waals surface area contributed by atoms with Gasteiger partial charge in [-0.2, -0.15) is 5.26 Å². The van der Waals surface area contributed by atoms with E-state index in [4.69, 9.17) is 10.00 Å². The molecule has 3 nitrogen and oxygen atoms in total. The Morgan fingerprint density at radius 2 is 2.33 bits per heavy atom. The van der Waals surface area contributed by atoms with Crippen LogP contribution in [-0.2, 0) is 0 Å². The van der Waals surface area contributed by atoms with E-state index in [0.717, 1.165) is 30.9 Å². The van der Waals surface area contributed by atoms with Crippen LogP contribution in [0.3, 0.4) is 0 Å². The van der Waals surface area contributed by atoms with E-state index in [9.17, 15) is 0 Å². The summed E-state index contributed by atoms with van der Waals surface area (Å²) in [4.78, 5) is 0. The van der Waals surface area contributed by atoms with Gasteiger partial charge in [0.05, 0.1) is 18.2 Å². The second-order valence-electron chi connectivity index (χ2n) is 4.88. The van der Waals surface area contributed by atoms with Crippen LogP contribution in [0, 0.1) is 18.3 Å². The number of aryl methyl sites for hydroxylation is 1. The first-order valence-corrected chi connectivity index (χ1v) is 6.66. The Bertz CT molecular complexity index is 431. The molecule has 1 aromatic carbocycles. The minimum absolute atomic E-state index is 0.609. The van der Waals surface area contributed by atoms with Crippen molar-refractivity contribution < 1.29 is 4.74 Å². The van der Waals surface area contributed by atoms with Gasteiger partial charge in [-0.15, -0.1) is 0 Å². The van der Waals surface area contributed by atoms with Gasteiger partial charge in [-0.3, -0.25) is 0 Å². The average Bonchev–Trinajstić information content (AvgIpc) is 2.42. The fourth-order valence-corrected chi connectivity index (χ4v) is 2.36. The topological polar surface area (TPSA) is 45.0 Å². The van der Waals surface area contributed by atoms with Crippen molar-refractivity contribution in [3.63, 3.8) is 0 Å². The summed E-state index contributed by atoms with van der Waals surface area (Å²) in [6.07, 6.45) is 4.94. The Balaban J connectivity index is 1.81. The highest BCUT2D eigenvalue weighted by Gasteiger charge is 2.12. The molecule has 18 heavy (non-hydrogen) atoms. The molecule has 0 bridgehead atoms. The zero-order valence-electron chi connectivity index (χ0n) is 10.9. The fraction of sp³-hybridized carbons (Fsp3) is 0.533. The maximum absolute atomic E-state index is 8.80. The van der Waals surface area contributed by atoms with Gasteiger partial charge in [-0.25, -0.2) is 0 Å². The van der Waals surface area contributed by atoms with Gasteiger partial charge < -0.3 is 10.1 Å². The maximum Gasteiger partial charge on any atom is 0.122 e. The molecule has 1 unspecified atom stereocenters. The van der Waals surface area contributed by atoms with Crippen molar-refractivity contribution in [1.82, 2.24) is 5.32 Å². The third-order valence-electron chi connectivity index (χ3n) is 3.44. The van der Waals surface area contributed by atoms with E-state index in [1.807, 2.05) is 19.1 Å².